The molecule has 1 aromatic rings. The maximum atomic E-state index is 12.5. The van der Waals surface area contributed by atoms with Gasteiger partial charge >= 0.3 is 0 Å². The van der Waals surface area contributed by atoms with Crippen molar-refractivity contribution in [3.8, 4) is 0 Å². The fraction of sp³-hybridized carbons (Fsp3) is 0.300. The zero-order chi connectivity index (χ0) is 8.39. The molecule has 0 bridgehead atoms. The largest absolute Gasteiger partial charge is 0.289 e. The summed E-state index contributed by atoms with van der Waals surface area (Å²) in [5.41, 5.74) is 2.18. The van der Waals surface area contributed by atoms with Gasteiger partial charge < -0.3 is 0 Å². The number of halogens is 1. The smallest absolute Gasteiger partial charge is 0.123 e. The molecule has 1 aliphatic heterocycles. The number of aliphatic imine (C=N–C) groups is 1. The van der Waals surface area contributed by atoms with Gasteiger partial charge in [-0.1, -0.05) is 12.1 Å². The van der Waals surface area contributed by atoms with Crippen LogP contribution in [-0.4, -0.2) is 12.3 Å². The summed E-state index contributed by atoms with van der Waals surface area (Å²) in [7, 11) is 0. The Kier molecular flexibility index (Phi) is 1.90. The van der Waals surface area contributed by atoms with E-state index in [9.17, 15) is 4.39 Å². The zero-order valence-corrected chi connectivity index (χ0v) is 6.76. The third-order valence-corrected chi connectivity index (χ3v) is 2.05. The van der Waals surface area contributed by atoms with E-state index in [1.54, 1.807) is 12.1 Å². The van der Waals surface area contributed by atoms with Gasteiger partial charge in [-0.25, -0.2) is 4.39 Å². The van der Waals surface area contributed by atoms with Crippen LogP contribution in [0.4, 0.5) is 4.39 Å². The topological polar surface area (TPSA) is 12.4 Å². The van der Waals surface area contributed by atoms with E-state index in [2.05, 4.69) is 4.99 Å². The summed E-state index contributed by atoms with van der Waals surface area (Å²) < 4.78 is 12.5. The van der Waals surface area contributed by atoms with Crippen LogP contribution in [-0.2, 0) is 0 Å². The standard InChI is InChI=1S/C10H10FN/c11-9-5-3-8(4-6-9)10-2-1-7-12-10/h3-6H,1-2,7H2. The van der Waals surface area contributed by atoms with Gasteiger partial charge in [-0.15, -0.1) is 0 Å². The predicted molar refractivity (Wildman–Crippen MR) is 47.0 cm³/mol. The number of benzene rings is 1. The fourth-order valence-corrected chi connectivity index (χ4v) is 1.42. The van der Waals surface area contributed by atoms with E-state index in [1.165, 1.54) is 12.1 Å². The van der Waals surface area contributed by atoms with Crippen LogP contribution in [0.2, 0.25) is 0 Å². The van der Waals surface area contributed by atoms with E-state index in [4.69, 9.17) is 0 Å². The van der Waals surface area contributed by atoms with Crippen LogP contribution in [0.15, 0.2) is 29.3 Å². The summed E-state index contributed by atoms with van der Waals surface area (Å²) in [5.74, 6) is -0.183. The third kappa shape index (κ3) is 1.37. The molecule has 2 heteroatoms. The van der Waals surface area contributed by atoms with Crippen molar-refractivity contribution in [2.75, 3.05) is 6.54 Å². The second kappa shape index (κ2) is 3.05. The second-order valence-electron chi connectivity index (χ2n) is 2.94. The van der Waals surface area contributed by atoms with Crippen LogP contribution < -0.4 is 0 Å². The first-order valence-electron chi connectivity index (χ1n) is 4.15. The normalized spacial score (nSPS) is 16.2. The maximum Gasteiger partial charge on any atom is 0.123 e. The number of rotatable bonds is 1. The van der Waals surface area contributed by atoms with Crippen LogP contribution in [0.3, 0.4) is 0 Å². The molecule has 0 aromatic heterocycles. The molecule has 1 aliphatic rings. The Bertz CT molecular complexity index is 300. The van der Waals surface area contributed by atoms with Crippen molar-refractivity contribution in [1.82, 2.24) is 0 Å². The van der Waals surface area contributed by atoms with E-state index in [0.29, 0.717) is 0 Å². The minimum atomic E-state index is -0.183. The van der Waals surface area contributed by atoms with Crippen molar-refractivity contribution < 1.29 is 4.39 Å². The van der Waals surface area contributed by atoms with Crippen LogP contribution in [0, 0.1) is 5.82 Å². The summed E-state index contributed by atoms with van der Waals surface area (Å²) >= 11 is 0. The van der Waals surface area contributed by atoms with Crippen LogP contribution in [0.25, 0.3) is 0 Å². The molecule has 0 aliphatic carbocycles. The lowest BCUT2D eigenvalue weighted by atomic mass is 10.1. The van der Waals surface area contributed by atoms with Gasteiger partial charge in [-0.05, 0) is 30.5 Å². The Morgan fingerprint density at radius 3 is 2.50 bits per heavy atom. The first-order valence-corrected chi connectivity index (χ1v) is 4.15. The van der Waals surface area contributed by atoms with Crippen LogP contribution in [0.5, 0.6) is 0 Å². The van der Waals surface area contributed by atoms with Crippen molar-refractivity contribution in [1.29, 1.82) is 0 Å². The number of hydrogen-bond donors (Lipinski definition) is 0. The van der Waals surface area contributed by atoms with Crippen molar-refractivity contribution in [2.45, 2.75) is 12.8 Å². The molecule has 0 atom stereocenters. The van der Waals surface area contributed by atoms with Gasteiger partial charge in [0.15, 0.2) is 0 Å². The highest BCUT2D eigenvalue weighted by Crippen LogP contribution is 2.13. The third-order valence-electron chi connectivity index (χ3n) is 2.05. The minimum Gasteiger partial charge on any atom is -0.289 e. The molecule has 1 nitrogen and oxygen atoms in total. The number of hydrogen-bond acceptors (Lipinski definition) is 1. The molecule has 1 heterocycles. The van der Waals surface area contributed by atoms with E-state index < -0.39 is 0 Å². The molecule has 0 radical (unpaired) electrons. The van der Waals surface area contributed by atoms with E-state index in [1.807, 2.05) is 0 Å². The molecule has 0 saturated carbocycles. The summed E-state index contributed by atoms with van der Waals surface area (Å²) in [4.78, 5) is 4.33. The molecule has 0 fully saturated rings. The predicted octanol–water partition coefficient (Wildman–Crippen LogP) is 2.41. The lowest BCUT2D eigenvalue weighted by molar-refractivity contribution is 0.628. The Labute approximate surface area is 70.9 Å². The Morgan fingerprint density at radius 1 is 1.17 bits per heavy atom. The van der Waals surface area contributed by atoms with E-state index >= 15 is 0 Å². The molecule has 1 aromatic carbocycles. The highest BCUT2D eigenvalue weighted by molar-refractivity contribution is 6.01. The second-order valence-corrected chi connectivity index (χ2v) is 2.94. The van der Waals surface area contributed by atoms with Crippen molar-refractivity contribution in [3.05, 3.63) is 35.6 Å². The van der Waals surface area contributed by atoms with Gasteiger partial charge in [0.2, 0.25) is 0 Å². The first kappa shape index (κ1) is 7.47. The average Bonchev–Trinajstić information content (AvgIpc) is 2.58. The van der Waals surface area contributed by atoms with Gasteiger partial charge in [0.1, 0.15) is 5.82 Å². The maximum absolute atomic E-state index is 12.5. The molecule has 62 valence electrons. The minimum absolute atomic E-state index is 0.183. The molecule has 0 unspecified atom stereocenters. The molecule has 0 N–H and O–H groups in total. The average molecular weight is 163 g/mol. The van der Waals surface area contributed by atoms with Crippen LogP contribution in [0.1, 0.15) is 18.4 Å². The monoisotopic (exact) mass is 163 g/mol. The zero-order valence-electron chi connectivity index (χ0n) is 6.76. The highest BCUT2D eigenvalue weighted by Gasteiger charge is 2.07. The quantitative estimate of drug-likeness (QED) is 0.602. The van der Waals surface area contributed by atoms with Gasteiger partial charge in [0, 0.05) is 12.3 Å². The lowest BCUT2D eigenvalue weighted by Crippen LogP contribution is -1.95. The first-order chi connectivity index (χ1) is 5.86. The summed E-state index contributed by atoms with van der Waals surface area (Å²) in [6.45, 7) is 0.923. The molecule has 0 spiro atoms. The van der Waals surface area contributed by atoms with Crippen molar-refractivity contribution in [2.24, 2.45) is 4.99 Å². The summed E-state index contributed by atoms with van der Waals surface area (Å²) in [6, 6.07) is 6.55. The van der Waals surface area contributed by atoms with Gasteiger partial charge in [-0.2, -0.15) is 0 Å². The van der Waals surface area contributed by atoms with Gasteiger partial charge in [-0.3, -0.25) is 4.99 Å². The highest BCUT2D eigenvalue weighted by atomic mass is 19.1. The van der Waals surface area contributed by atoms with E-state index in [-0.39, 0.29) is 5.82 Å². The molecule has 0 saturated heterocycles. The van der Waals surface area contributed by atoms with Gasteiger partial charge in [0.25, 0.3) is 0 Å². The lowest BCUT2D eigenvalue weighted by Gasteiger charge is -1.98. The van der Waals surface area contributed by atoms with Gasteiger partial charge in [0.05, 0.1) is 0 Å². The van der Waals surface area contributed by atoms with Crippen molar-refractivity contribution in [3.63, 3.8) is 0 Å². The molecule has 2 rings (SSSR count). The fourth-order valence-electron chi connectivity index (χ4n) is 1.42. The molecule has 12 heavy (non-hydrogen) atoms. The summed E-state index contributed by atoms with van der Waals surface area (Å²) in [6.07, 6.45) is 2.17. The van der Waals surface area contributed by atoms with E-state index in [0.717, 1.165) is 30.7 Å². The Balaban J connectivity index is 2.28. The number of nitrogens with zero attached hydrogens (tertiary/aromatic N) is 1. The Hall–Kier alpha value is -1.18. The summed E-state index contributed by atoms with van der Waals surface area (Å²) in [5, 5.41) is 0. The molecule has 0 amide bonds. The molecular weight excluding hydrogens is 153 g/mol. The SMILES string of the molecule is Fc1ccc(C2=NCCC2)cc1. The molecular formula is C10H10FN. The van der Waals surface area contributed by atoms with Crippen LogP contribution >= 0.6 is 0 Å². The van der Waals surface area contributed by atoms with Crippen molar-refractivity contribution >= 4 is 5.71 Å². The Morgan fingerprint density at radius 2 is 1.92 bits per heavy atom.